The monoisotopic (exact) mass is 498 g/mol. The van der Waals surface area contributed by atoms with E-state index in [4.69, 9.17) is 9.97 Å². The number of fused-ring (bicyclic) bond motifs is 2. The lowest BCUT2D eigenvalue weighted by atomic mass is 9.79. The molecule has 0 spiro atoms. The van der Waals surface area contributed by atoms with E-state index in [2.05, 4.69) is 36.6 Å². The minimum Gasteiger partial charge on any atom is -0.328 e. The molecule has 1 unspecified atom stereocenters. The van der Waals surface area contributed by atoms with Crippen molar-refractivity contribution in [3.63, 3.8) is 0 Å². The number of aromatic nitrogens is 5. The van der Waals surface area contributed by atoms with Gasteiger partial charge in [-0.1, -0.05) is 6.42 Å². The first kappa shape index (κ1) is 22.2. The minimum atomic E-state index is -0.781. The maximum atomic E-state index is 14.2. The second kappa shape index (κ2) is 8.81. The minimum absolute atomic E-state index is 0.233. The number of hydrogen-bond acceptors (Lipinski definition) is 8. The first-order chi connectivity index (χ1) is 18.1. The summed E-state index contributed by atoms with van der Waals surface area (Å²) in [4.78, 5) is 24.7. The topological polar surface area (TPSA) is 91.8 Å². The number of halogens is 2. The third-order valence-electron chi connectivity index (χ3n) is 7.48. The van der Waals surface area contributed by atoms with E-state index in [1.54, 1.807) is 24.5 Å². The van der Waals surface area contributed by atoms with Gasteiger partial charge in [0.25, 0.3) is 0 Å². The van der Waals surface area contributed by atoms with Crippen molar-refractivity contribution < 1.29 is 8.78 Å². The summed E-state index contributed by atoms with van der Waals surface area (Å²) < 4.78 is 27.7. The molecule has 1 atom stereocenters. The molecule has 1 aliphatic carbocycles. The van der Waals surface area contributed by atoms with Gasteiger partial charge in [0.05, 0.1) is 11.7 Å². The molecular weight excluding hydrogens is 474 g/mol. The van der Waals surface area contributed by atoms with Crippen molar-refractivity contribution in [2.45, 2.75) is 37.6 Å². The van der Waals surface area contributed by atoms with Crippen LogP contribution in [-0.2, 0) is 0 Å². The summed E-state index contributed by atoms with van der Waals surface area (Å²) in [6.07, 6.45) is 12.1. The van der Waals surface area contributed by atoms with E-state index in [0.29, 0.717) is 29.2 Å². The highest BCUT2D eigenvalue weighted by atomic mass is 19.1. The van der Waals surface area contributed by atoms with E-state index < -0.39 is 11.8 Å². The molecule has 3 aliphatic rings. The number of nitrogens with zero attached hydrogens (tertiary/aromatic N) is 6. The Labute approximate surface area is 211 Å². The van der Waals surface area contributed by atoms with Gasteiger partial charge in [-0.25, -0.2) is 19.3 Å². The van der Waals surface area contributed by atoms with Crippen LogP contribution in [0.1, 0.15) is 37.2 Å². The molecular formula is C27H24F2N8. The van der Waals surface area contributed by atoms with Gasteiger partial charge in [0.1, 0.15) is 11.6 Å². The Morgan fingerprint density at radius 2 is 1.95 bits per heavy atom. The Bertz CT molecular complexity index is 1550. The number of hydrogen-bond donors (Lipinski definition) is 2. The third-order valence-corrected chi connectivity index (χ3v) is 7.48. The zero-order chi connectivity index (χ0) is 24.9. The van der Waals surface area contributed by atoms with E-state index in [-0.39, 0.29) is 5.82 Å². The van der Waals surface area contributed by atoms with Gasteiger partial charge in [-0.2, -0.15) is 9.37 Å². The van der Waals surface area contributed by atoms with Crippen LogP contribution >= 0.6 is 0 Å². The van der Waals surface area contributed by atoms with Gasteiger partial charge in [-0.15, -0.1) is 0 Å². The van der Waals surface area contributed by atoms with E-state index in [1.165, 1.54) is 17.7 Å². The van der Waals surface area contributed by atoms with Crippen molar-refractivity contribution >= 4 is 28.4 Å². The highest BCUT2D eigenvalue weighted by Crippen LogP contribution is 2.43. The molecule has 7 rings (SSSR count). The van der Waals surface area contributed by atoms with Crippen LogP contribution in [0.3, 0.4) is 0 Å². The van der Waals surface area contributed by atoms with Gasteiger partial charge in [0, 0.05) is 48.2 Å². The van der Waals surface area contributed by atoms with Gasteiger partial charge < -0.3 is 15.5 Å². The lowest BCUT2D eigenvalue weighted by Gasteiger charge is -2.29. The molecule has 8 nitrogen and oxygen atoms in total. The molecule has 6 heterocycles. The van der Waals surface area contributed by atoms with E-state index in [0.717, 1.165) is 61.2 Å². The average molecular weight is 499 g/mol. The molecule has 0 bridgehead atoms. The lowest BCUT2D eigenvalue weighted by Crippen LogP contribution is -2.24. The summed E-state index contributed by atoms with van der Waals surface area (Å²) in [5.74, 6) is 0.511. The molecule has 0 radical (unpaired) electrons. The molecule has 2 aliphatic heterocycles. The maximum absolute atomic E-state index is 14.2. The summed E-state index contributed by atoms with van der Waals surface area (Å²) in [5, 5.41) is 7.37. The molecule has 4 aromatic heterocycles. The van der Waals surface area contributed by atoms with Crippen LogP contribution in [0.5, 0.6) is 0 Å². The SMILES string of the molecule is Fc1ccc(F)c(Nc2cc(-c3nc(N4CCC5NCC=C54)c4c(C5CCC5)cncc4n3)ccn2)n1. The van der Waals surface area contributed by atoms with Gasteiger partial charge in [-0.3, -0.25) is 4.98 Å². The average Bonchev–Trinajstić information content (AvgIpc) is 3.49. The second-order valence-electron chi connectivity index (χ2n) is 9.67. The zero-order valence-electron chi connectivity index (χ0n) is 20.0. The quantitative estimate of drug-likeness (QED) is 0.378. The van der Waals surface area contributed by atoms with Crippen molar-refractivity contribution in [1.29, 1.82) is 0 Å². The van der Waals surface area contributed by atoms with Crippen LogP contribution in [0.4, 0.5) is 26.2 Å². The van der Waals surface area contributed by atoms with Crippen molar-refractivity contribution in [3.8, 4) is 11.4 Å². The zero-order valence-corrected chi connectivity index (χ0v) is 20.0. The molecule has 0 aromatic carbocycles. The fourth-order valence-electron chi connectivity index (χ4n) is 5.42. The van der Waals surface area contributed by atoms with Crippen LogP contribution in [0.25, 0.3) is 22.3 Å². The molecule has 2 N–H and O–H groups in total. The van der Waals surface area contributed by atoms with Gasteiger partial charge in [0.2, 0.25) is 5.95 Å². The predicted octanol–water partition coefficient (Wildman–Crippen LogP) is 4.84. The molecule has 10 heteroatoms. The highest BCUT2D eigenvalue weighted by molar-refractivity contribution is 5.95. The van der Waals surface area contributed by atoms with Crippen molar-refractivity contribution in [3.05, 3.63) is 72.0 Å². The van der Waals surface area contributed by atoms with Crippen LogP contribution in [-0.4, -0.2) is 44.1 Å². The second-order valence-corrected chi connectivity index (χ2v) is 9.67. The molecule has 37 heavy (non-hydrogen) atoms. The first-order valence-corrected chi connectivity index (χ1v) is 12.6. The summed E-state index contributed by atoms with van der Waals surface area (Å²) in [6.45, 7) is 1.72. The van der Waals surface area contributed by atoms with Crippen LogP contribution in [0, 0.1) is 11.8 Å². The molecule has 0 amide bonds. The van der Waals surface area contributed by atoms with Crippen LogP contribution in [0.2, 0.25) is 0 Å². The van der Waals surface area contributed by atoms with E-state index in [9.17, 15) is 8.78 Å². The predicted molar refractivity (Wildman–Crippen MR) is 136 cm³/mol. The Morgan fingerprint density at radius 3 is 2.81 bits per heavy atom. The van der Waals surface area contributed by atoms with Crippen molar-refractivity contribution in [2.24, 2.45) is 0 Å². The van der Waals surface area contributed by atoms with Crippen LogP contribution < -0.4 is 15.5 Å². The Balaban J connectivity index is 1.35. The van der Waals surface area contributed by atoms with Crippen molar-refractivity contribution in [1.82, 2.24) is 30.2 Å². The standard InChI is InChI=1S/C27H24F2N8/c28-18-4-5-22(29)34-26(18)35-23-12-16(6-9-32-23)25-33-20-14-30-13-17(15-2-1-3-15)24(20)27(36-25)37-11-8-19-21(37)7-10-31-19/h4-7,9,12-15,19,31H,1-3,8,10-11H2,(H,32,34,35). The summed E-state index contributed by atoms with van der Waals surface area (Å²) in [5.41, 5.74) is 3.96. The Hall–Kier alpha value is -4.05. The number of pyridine rings is 3. The number of rotatable bonds is 5. The molecule has 2 fully saturated rings. The Morgan fingerprint density at radius 1 is 1.03 bits per heavy atom. The van der Waals surface area contributed by atoms with Gasteiger partial charge in [0.15, 0.2) is 17.5 Å². The van der Waals surface area contributed by atoms with E-state index >= 15 is 0 Å². The molecule has 1 saturated heterocycles. The number of nitrogens with one attached hydrogen (secondary N) is 2. The normalized spacial score (nSPS) is 19.1. The smallest absolute Gasteiger partial charge is 0.214 e. The summed E-state index contributed by atoms with van der Waals surface area (Å²) >= 11 is 0. The fourth-order valence-corrected chi connectivity index (χ4v) is 5.42. The fraction of sp³-hybridized carbons (Fsp3) is 0.296. The number of anilines is 3. The summed E-state index contributed by atoms with van der Waals surface area (Å²) in [6, 6.07) is 5.85. The Kier molecular flexibility index (Phi) is 5.28. The lowest BCUT2D eigenvalue weighted by molar-refractivity contribution is 0.421. The third kappa shape index (κ3) is 3.88. The summed E-state index contributed by atoms with van der Waals surface area (Å²) in [7, 11) is 0. The van der Waals surface area contributed by atoms with Gasteiger partial charge in [-0.05, 0) is 61.1 Å². The van der Waals surface area contributed by atoms with Gasteiger partial charge >= 0.3 is 0 Å². The van der Waals surface area contributed by atoms with Crippen molar-refractivity contribution in [2.75, 3.05) is 23.3 Å². The molecule has 1 saturated carbocycles. The van der Waals surface area contributed by atoms with E-state index in [1.807, 2.05) is 6.20 Å². The molecule has 186 valence electrons. The molecule has 4 aromatic rings. The maximum Gasteiger partial charge on any atom is 0.214 e. The largest absolute Gasteiger partial charge is 0.328 e. The highest BCUT2D eigenvalue weighted by Gasteiger charge is 2.34. The van der Waals surface area contributed by atoms with Crippen LogP contribution in [0.15, 0.2) is 54.6 Å². The first-order valence-electron chi connectivity index (χ1n) is 12.6.